The van der Waals surface area contributed by atoms with Crippen molar-refractivity contribution < 1.29 is 9.59 Å². The normalized spacial score (nSPS) is 13.9. The molecule has 2 N–H and O–H groups in total. The molecule has 0 atom stereocenters. The minimum atomic E-state index is -0.209. The van der Waals surface area contributed by atoms with Gasteiger partial charge in [0.05, 0.1) is 17.6 Å². The van der Waals surface area contributed by atoms with Crippen LogP contribution in [0.5, 0.6) is 0 Å². The van der Waals surface area contributed by atoms with Crippen molar-refractivity contribution in [1.82, 2.24) is 35.2 Å². The van der Waals surface area contributed by atoms with E-state index in [4.69, 9.17) is 0 Å². The molecule has 5 rings (SSSR count). The molecule has 10 nitrogen and oxygen atoms in total. The number of pyridine rings is 2. The topological polar surface area (TPSA) is 118 Å². The van der Waals surface area contributed by atoms with E-state index in [0.29, 0.717) is 30.3 Å². The lowest BCUT2D eigenvalue weighted by Gasteiger charge is -2.26. The minimum absolute atomic E-state index is 0.0648. The SMILES string of the molecule is CC(C)n1nnc2ccc(-c3ccnc(Nc4ccc(C(=O)N5CCNC(=O)C5)cn4)c3)cc21. The molecular weight excluding hydrogens is 432 g/mol. The summed E-state index contributed by atoms with van der Waals surface area (Å²) >= 11 is 0. The summed E-state index contributed by atoms with van der Waals surface area (Å²) in [7, 11) is 0. The van der Waals surface area contributed by atoms with Crippen LogP contribution in [0.3, 0.4) is 0 Å². The standard InChI is InChI=1S/C24H24N8O2/c1-15(2)32-20-11-16(3-5-19(20)29-30-32)17-7-8-25-22(12-17)28-21-6-4-18(13-27-21)24(34)31-10-9-26-23(33)14-31/h3-8,11-13,15H,9-10,14H2,1-2H3,(H,26,33)(H,25,27,28). The number of hydrogen-bond donors (Lipinski definition) is 2. The smallest absolute Gasteiger partial charge is 0.255 e. The summed E-state index contributed by atoms with van der Waals surface area (Å²) in [6.07, 6.45) is 3.24. The quantitative estimate of drug-likeness (QED) is 0.474. The Kier molecular flexibility index (Phi) is 5.62. The summed E-state index contributed by atoms with van der Waals surface area (Å²) in [4.78, 5) is 34.4. The lowest BCUT2D eigenvalue weighted by molar-refractivity contribution is -0.123. The molecule has 1 fully saturated rings. The zero-order valence-corrected chi connectivity index (χ0v) is 18.9. The lowest BCUT2D eigenvalue weighted by atomic mass is 10.1. The first-order valence-corrected chi connectivity index (χ1v) is 11.1. The number of rotatable bonds is 5. The van der Waals surface area contributed by atoms with Crippen LogP contribution in [0.25, 0.3) is 22.2 Å². The maximum atomic E-state index is 12.6. The summed E-state index contributed by atoms with van der Waals surface area (Å²) in [5.41, 5.74) is 4.29. The average Bonchev–Trinajstić information content (AvgIpc) is 3.28. The molecule has 0 bridgehead atoms. The molecule has 0 saturated carbocycles. The largest absolute Gasteiger partial charge is 0.353 e. The highest BCUT2D eigenvalue weighted by molar-refractivity contribution is 5.97. The maximum absolute atomic E-state index is 12.6. The van der Waals surface area contributed by atoms with Gasteiger partial charge in [0.2, 0.25) is 5.91 Å². The number of nitrogens with zero attached hydrogens (tertiary/aromatic N) is 6. The first-order valence-electron chi connectivity index (χ1n) is 11.1. The van der Waals surface area contributed by atoms with E-state index in [9.17, 15) is 9.59 Å². The molecular formula is C24H24N8O2. The number of piperazine rings is 1. The van der Waals surface area contributed by atoms with Crippen LogP contribution in [-0.4, -0.2) is 61.3 Å². The number of aromatic nitrogens is 5. The van der Waals surface area contributed by atoms with Crippen molar-refractivity contribution in [2.45, 2.75) is 19.9 Å². The van der Waals surface area contributed by atoms with Crippen molar-refractivity contribution >= 4 is 34.5 Å². The molecule has 0 aliphatic carbocycles. The first kappa shape index (κ1) is 21.5. The Labute approximate surface area is 196 Å². The number of nitrogens with one attached hydrogen (secondary N) is 2. The molecule has 10 heteroatoms. The summed E-state index contributed by atoms with van der Waals surface area (Å²) in [6.45, 7) is 5.16. The molecule has 0 spiro atoms. The highest BCUT2D eigenvalue weighted by atomic mass is 16.2. The van der Waals surface area contributed by atoms with Gasteiger partial charge in [-0.2, -0.15) is 0 Å². The van der Waals surface area contributed by atoms with Crippen molar-refractivity contribution in [3.8, 4) is 11.1 Å². The molecule has 1 aliphatic rings. The summed E-state index contributed by atoms with van der Waals surface area (Å²) in [5, 5.41) is 14.4. The molecule has 3 aromatic heterocycles. The number of hydrogen-bond acceptors (Lipinski definition) is 7. The van der Waals surface area contributed by atoms with E-state index in [2.05, 4.69) is 50.8 Å². The first-order chi connectivity index (χ1) is 16.5. The van der Waals surface area contributed by atoms with Crippen molar-refractivity contribution in [3.05, 3.63) is 60.4 Å². The molecule has 1 aliphatic heterocycles. The number of benzene rings is 1. The number of anilines is 2. The summed E-state index contributed by atoms with van der Waals surface area (Å²) in [6, 6.07) is 13.6. The predicted octanol–water partition coefficient (Wildman–Crippen LogP) is 2.78. The van der Waals surface area contributed by atoms with Gasteiger partial charge in [0.15, 0.2) is 0 Å². The van der Waals surface area contributed by atoms with Gasteiger partial charge in [0.1, 0.15) is 17.2 Å². The fourth-order valence-electron chi connectivity index (χ4n) is 3.90. The minimum Gasteiger partial charge on any atom is -0.353 e. The third-order valence-electron chi connectivity index (χ3n) is 5.65. The Morgan fingerprint density at radius 3 is 2.68 bits per heavy atom. The Morgan fingerprint density at radius 1 is 1.06 bits per heavy atom. The number of carbonyl (C=O) groups is 2. The zero-order chi connectivity index (χ0) is 23.7. The van der Waals surface area contributed by atoms with Crippen LogP contribution in [0.4, 0.5) is 11.6 Å². The van der Waals surface area contributed by atoms with Crippen LogP contribution < -0.4 is 10.6 Å². The second-order valence-corrected chi connectivity index (χ2v) is 8.39. The molecule has 172 valence electrons. The molecule has 0 radical (unpaired) electrons. The molecule has 4 heterocycles. The van der Waals surface area contributed by atoms with Gasteiger partial charge < -0.3 is 15.5 Å². The van der Waals surface area contributed by atoms with Gasteiger partial charge in [-0.25, -0.2) is 14.6 Å². The van der Waals surface area contributed by atoms with Crippen molar-refractivity contribution in [2.75, 3.05) is 25.0 Å². The highest BCUT2D eigenvalue weighted by Crippen LogP contribution is 2.26. The highest BCUT2D eigenvalue weighted by Gasteiger charge is 2.22. The van der Waals surface area contributed by atoms with E-state index in [0.717, 1.165) is 22.2 Å². The third kappa shape index (κ3) is 4.29. The van der Waals surface area contributed by atoms with Gasteiger partial charge in [-0.15, -0.1) is 5.10 Å². The Bertz CT molecular complexity index is 1360. The van der Waals surface area contributed by atoms with Crippen molar-refractivity contribution in [2.24, 2.45) is 0 Å². The van der Waals surface area contributed by atoms with Crippen LogP contribution in [0.1, 0.15) is 30.2 Å². The number of carbonyl (C=O) groups excluding carboxylic acids is 2. The zero-order valence-electron chi connectivity index (χ0n) is 18.9. The van der Waals surface area contributed by atoms with Crippen LogP contribution in [-0.2, 0) is 4.79 Å². The fourth-order valence-corrected chi connectivity index (χ4v) is 3.90. The van der Waals surface area contributed by atoms with Crippen molar-refractivity contribution in [1.29, 1.82) is 0 Å². The molecule has 34 heavy (non-hydrogen) atoms. The van der Waals surface area contributed by atoms with Crippen LogP contribution in [0.2, 0.25) is 0 Å². The van der Waals surface area contributed by atoms with Gasteiger partial charge in [-0.1, -0.05) is 11.3 Å². The van der Waals surface area contributed by atoms with Gasteiger partial charge in [0.25, 0.3) is 5.91 Å². The van der Waals surface area contributed by atoms with E-state index in [1.807, 2.05) is 28.9 Å². The fraction of sp³-hybridized carbons (Fsp3) is 0.250. The van der Waals surface area contributed by atoms with E-state index in [-0.39, 0.29) is 24.4 Å². The monoisotopic (exact) mass is 456 g/mol. The predicted molar refractivity (Wildman–Crippen MR) is 128 cm³/mol. The molecule has 4 aromatic rings. The van der Waals surface area contributed by atoms with Crippen LogP contribution in [0, 0.1) is 0 Å². The lowest BCUT2D eigenvalue weighted by Crippen LogP contribution is -2.49. The summed E-state index contributed by atoms with van der Waals surface area (Å²) < 4.78 is 1.91. The van der Waals surface area contributed by atoms with Crippen LogP contribution in [0.15, 0.2) is 54.9 Å². The van der Waals surface area contributed by atoms with E-state index in [1.54, 1.807) is 18.3 Å². The van der Waals surface area contributed by atoms with E-state index >= 15 is 0 Å². The Balaban J connectivity index is 1.33. The molecule has 0 unspecified atom stereocenters. The summed E-state index contributed by atoms with van der Waals surface area (Å²) in [5.74, 6) is 0.836. The van der Waals surface area contributed by atoms with Gasteiger partial charge in [0, 0.05) is 31.5 Å². The second-order valence-electron chi connectivity index (χ2n) is 8.39. The Morgan fingerprint density at radius 2 is 1.91 bits per heavy atom. The van der Waals surface area contributed by atoms with Crippen LogP contribution >= 0.6 is 0 Å². The van der Waals surface area contributed by atoms with Crippen molar-refractivity contribution in [3.63, 3.8) is 0 Å². The maximum Gasteiger partial charge on any atom is 0.255 e. The number of amides is 2. The van der Waals surface area contributed by atoms with Gasteiger partial charge >= 0.3 is 0 Å². The molecule has 2 amide bonds. The van der Waals surface area contributed by atoms with Gasteiger partial charge in [-0.05, 0) is 61.4 Å². The number of fused-ring (bicyclic) bond motifs is 1. The molecule has 1 aromatic carbocycles. The van der Waals surface area contributed by atoms with E-state index < -0.39 is 0 Å². The Hall–Kier alpha value is -4.34. The molecule has 1 saturated heterocycles. The third-order valence-corrected chi connectivity index (χ3v) is 5.65. The average molecular weight is 457 g/mol. The second kappa shape index (κ2) is 8.89. The van der Waals surface area contributed by atoms with Gasteiger partial charge in [-0.3, -0.25) is 9.59 Å². The van der Waals surface area contributed by atoms with E-state index in [1.165, 1.54) is 11.1 Å².